The quantitative estimate of drug-likeness (QED) is 0.482. The highest BCUT2D eigenvalue weighted by Gasteiger charge is 2.08. The molecular formula is C18H17NO3. The summed E-state index contributed by atoms with van der Waals surface area (Å²) in [5.41, 5.74) is 1.28. The fourth-order valence-corrected chi connectivity index (χ4v) is 1.92. The van der Waals surface area contributed by atoms with E-state index in [1.54, 1.807) is 31.3 Å². The number of likely N-dealkylation sites (N-methyl/N-ethyl adjacent to an activating group) is 1. The fraction of sp³-hybridized carbons (Fsp3) is 0.111. The van der Waals surface area contributed by atoms with Crippen LogP contribution in [0.1, 0.15) is 17.3 Å². The zero-order chi connectivity index (χ0) is 15.9. The molecule has 0 atom stereocenters. The first kappa shape index (κ1) is 15.5. The summed E-state index contributed by atoms with van der Waals surface area (Å²) in [5.74, 6) is 0.129. The average molecular weight is 295 g/mol. The molecule has 0 unspecified atom stereocenters. The molecule has 0 N–H and O–H groups in total. The van der Waals surface area contributed by atoms with Crippen LogP contribution in [0, 0.1) is 0 Å². The molecule has 0 fully saturated rings. The van der Waals surface area contributed by atoms with Crippen molar-refractivity contribution in [2.45, 2.75) is 6.92 Å². The minimum atomic E-state index is -0.216. The molecule has 4 nitrogen and oxygen atoms in total. The second-order valence-corrected chi connectivity index (χ2v) is 4.71. The number of hydrogen-bond donors (Lipinski definition) is 0. The van der Waals surface area contributed by atoms with Gasteiger partial charge in [0.2, 0.25) is 0 Å². The van der Waals surface area contributed by atoms with Crippen molar-refractivity contribution in [2.24, 2.45) is 0 Å². The second-order valence-electron chi connectivity index (χ2n) is 4.71. The molecule has 1 amide bonds. The van der Waals surface area contributed by atoms with Crippen LogP contribution in [0.25, 0.3) is 0 Å². The maximum atomic E-state index is 12.0. The summed E-state index contributed by atoms with van der Waals surface area (Å²) < 4.78 is 5.41. The third kappa shape index (κ3) is 3.82. The molecule has 22 heavy (non-hydrogen) atoms. The number of nitrogens with zero attached hydrogens (tertiary/aromatic N) is 1. The van der Waals surface area contributed by atoms with Crippen molar-refractivity contribution >= 4 is 17.4 Å². The lowest BCUT2D eigenvalue weighted by molar-refractivity contribution is -0.114. The summed E-state index contributed by atoms with van der Waals surface area (Å²) in [7, 11) is 1.69. The van der Waals surface area contributed by atoms with Gasteiger partial charge in [-0.05, 0) is 31.2 Å². The number of anilines is 1. The lowest BCUT2D eigenvalue weighted by Crippen LogP contribution is -2.23. The summed E-state index contributed by atoms with van der Waals surface area (Å²) in [6, 6.07) is 16.2. The van der Waals surface area contributed by atoms with E-state index in [4.69, 9.17) is 4.74 Å². The summed E-state index contributed by atoms with van der Waals surface area (Å²) in [6.45, 7) is 1.47. The van der Waals surface area contributed by atoms with E-state index in [2.05, 4.69) is 0 Å². The first-order chi connectivity index (χ1) is 10.6. The van der Waals surface area contributed by atoms with Crippen molar-refractivity contribution in [3.8, 4) is 5.75 Å². The highest BCUT2D eigenvalue weighted by atomic mass is 16.5. The van der Waals surface area contributed by atoms with Crippen molar-refractivity contribution < 1.29 is 14.3 Å². The zero-order valence-electron chi connectivity index (χ0n) is 12.5. The lowest BCUT2D eigenvalue weighted by atomic mass is 10.1. The van der Waals surface area contributed by atoms with Crippen LogP contribution < -0.4 is 9.64 Å². The van der Waals surface area contributed by atoms with Crippen LogP contribution in [0.3, 0.4) is 0 Å². The van der Waals surface area contributed by atoms with Crippen molar-refractivity contribution in [3.63, 3.8) is 0 Å². The Bertz CT molecular complexity index is 692. The second kappa shape index (κ2) is 7.22. The minimum absolute atomic E-state index is 0.0864. The number of rotatable bonds is 5. The molecule has 0 saturated heterocycles. The maximum absolute atomic E-state index is 12.0. The van der Waals surface area contributed by atoms with Gasteiger partial charge in [0.25, 0.3) is 5.91 Å². The van der Waals surface area contributed by atoms with Crippen LogP contribution >= 0.6 is 0 Å². The molecule has 0 saturated carbocycles. The van der Waals surface area contributed by atoms with E-state index in [0.717, 1.165) is 5.69 Å². The van der Waals surface area contributed by atoms with E-state index < -0.39 is 0 Å². The number of para-hydroxylation sites is 2. The highest BCUT2D eigenvalue weighted by Crippen LogP contribution is 2.18. The number of ketones is 1. The molecule has 0 aliphatic heterocycles. The summed E-state index contributed by atoms with van der Waals surface area (Å²) >= 11 is 0. The Morgan fingerprint density at radius 1 is 1.00 bits per heavy atom. The molecule has 0 radical (unpaired) electrons. The number of benzene rings is 2. The van der Waals surface area contributed by atoms with Crippen molar-refractivity contribution in [3.05, 3.63) is 72.5 Å². The third-order valence-corrected chi connectivity index (χ3v) is 3.15. The van der Waals surface area contributed by atoms with Crippen molar-refractivity contribution in [2.75, 3.05) is 11.9 Å². The van der Waals surface area contributed by atoms with E-state index in [9.17, 15) is 9.59 Å². The van der Waals surface area contributed by atoms with Gasteiger partial charge in [0.1, 0.15) is 5.75 Å². The molecular weight excluding hydrogens is 278 g/mol. The van der Waals surface area contributed by atoms with Gasteiger partial charge in [0, 0.05) is 18.8 Å². The van der Waals surface area contributed by atoms with Crippen LogP contribution in [0.4, 0.5) is 5.69 Å². The van der Waals surface area contributed by atoms with Gasteiger partial charge in [0.05, 0.1) is 11.8 Å². The molecule has 0 aliphatic rings. The van der Waals surface area contributed by atoms with Crippen molar-refractivity contribution in [1.29, 1.82) is 0 Å². The Kier molecular flexibility index (Phi) is 5.09. The van der Waals surface area contributed by atoms with Crippen LogP contribution in [0.5, 0.6) is 5.75 Å². The van der Waals surface area contributed by atoms with Gasteiger partial charge in [-0.25, -0.2) is 0 Å². The van der Waals surface area contributed by atoms with Gasteiger partial charge >= 0.3 is 0 Å². The van der Waals surface area contributed by atoms with E-state index in [0.29, 0.717) is 11.3 Å². The van der Waals surface area contributed by atoms with Gasteiger partial charge in [-0.15, -0.1) is 0 Å². The monoisotopic (exact) mass is 295 g/mol. The Morgan fingerprint density at radius 3 is 2.32 bits per heavy atom. The fourth-order valence-electron chi connectivity index (χ4n) is 1.92. The summed E-state index contributed by atoms with van der Waals surface area (Å²) in [4.78, 5) is 25.0. The molecule has 0 heterocycles. The van der Waals surface area contributed by atoms with Crippen molar-refractivity contribution in [1.82, 2.24) is 0 Å². The predicted molar refractivity (Wildman–Crippen MR) is 86.1 cm³/mol. The average Bonchev–Trinajstić information content (AvgIpc) is 2.55. The first-order valence-electron chi connectivity index (χ1n) is 6.85. The topological polar surface area (TPSA) is 46.6 Å². The van der Waals surface area contributed by atoms with Crippen LogP contribution in [0.15, 0.2) is 66.9 Å². The number of Topliss-reactive ketones (excluding diaryl/α,β-unsaturated/α-hetero) is 1. The summed E-state index contributed by atoms with van der Waals surface area (Å²) in [5, 5.41) is 0. The third-order valence-electron chi connectivity index (χ3n) is 3.15. The smallest absolute Gasteiger partial charge is 0.253 e. The Hall–Kier alpha value is -2.88. The van der Waals surface area contributed by atoms with Gasteiger partial charge in [-0.2, -0.15) is 0 Å². The molecule has 112 valence electrons. The first-order valence-corrected chi connectivity index (χ1v) is 6.85. The molecule has 2 aromatic carbocycles. The van der Waals surface area contributed by atoms with E-state index >= 15 is 0 Å². The molecule has 4 heteroatoms. The molecule has 2 rings (SSSR count). The number of hydrogen-bond acceptors (Lipinski definition) is 3. The van der Waals surface area contributed by atoms with Crippen LogP contribution in [0.2, 0.25) is 0 Å². The van der Waals surface area contributed by atoms with E-state index in [-0.39, 0.29) is 11.7 Å². The number of carbonyl (C=O) groups excluding carboxylic acids is 2. The minimum Gasteiger partial charge on any atom is -0.464 e. The highest BCUT2D eigenvalue weighted by molar-refractivity contribution is 6.01. The van der Waals surface area contributed by atoms with Gasteiger partial charge < -0.3 is 9.64 Å². The van der Waals surface area contributed by atoms with E-state index in [1.807, 2.05) is 30.3 Å². The largest absolute Gasteiger partial charge is 0.464 e. The number of ether oxygens (including phenoxy) is 1. The molecule has 0 aliphatic carbocycles. The van der Waals surface area contributed by atoms with Crippen LogP contribution in [-0.2, 0) is 4.79 Å². The van der Waals surface area contributed by atoms with Gasteiger partial charge in [-0.3, -0.25) is 9.59 Å². The van der Waals surface area contributed by atoms with Gasteiger partial charge in [0.15, 0.2) is 5.78 Å². The zero-order valence-corrected chi connectivity index (χ0v) is 12.5. The lowest BCUT2D eigenvalue weighted by Gasteiger charge is -2.14. The molecule has 2 aromatic rings. The number of amides is 1. The molecule has 0 spiro atoms. The van der Waals surface area contributed by atoms with Gasteiger partial charge in [-0.1, -0.05) is 30.3 Å². The standard InChI is InChI=1S/C18H17NO3/c1-14(20)16-10-6-7-11-17(16)22-13-12-18(21)19(2)15-8-4-3-5-9-15/h3-13H,1-2H3. The Morgan fingerprint density at radius 2 is 1.64 bits per heavy atom. The molecule has 0 aromatic heterocycles. The normalized spacial score (nSPS) is 10.5. The Labute approximate surface area is 129 Å². The van der Waals surface area contributed by atoms with Crippen LogP contribution in [-0.4, -0.2) is 18.7 Å². The maximum Gasteiger partial charge on any atom is 0.253 e. The number of carbonyl (C=O) groups is 2. The summed E-state index contributed by atoms with van der Waals surface area (Å²) in [6.07, 6.45) is 2.62. The SMILES string of the molecule is CC(=O)c1ccccc1OC=CC(=O)N(C)c1ccccc1. The molecule has 0 bridgehead atoms. The Balaban J connectivity index is 2.04. The predicted octanol–water partition coefficient (Wildman–Crippen LogP) is 3.44. The van der Waals surface area contributed by atoms with E-state index in [1.165, 1.54) is 24.2 Å².